The highest BCUT2D eigenvalue weighted by atomic mass is 35.5. The first-order valence-corrected chi connectivity index (χ1v) is 11.4. The SMILES string of the molecule is COc1cc(/C=C(\C#N)C(=O)Nc2cc(Cl)ccc2C)cc(Cl)c1OCc1ccc(Cl)c(Cl)c1. The molecule has 0 aliphatic heterocycles. The summed E-state index contributed by atoms with van der Waals surface area (Å²) in [6, 6.07) is 15.4. The highest BCUT2D eigenvalue weighted by molar-refractivity contribution is 6.42. The fourth-order valence-electron chi connectivity index (χ4n) is 2.98. The van der Waals surface area contributed by atoms with Crippen LogP contribution in [0.15, 0.2) is 54.1 Å². The molecule has 1 N–H and O–H groups in total. The maximum Gasteiger partial charge on any atom is 0.266 e. The van der Waals surface area contributed by atoms with E-state index in [9.17, 15) is 10.1 Å². The lowest BCUT2D eigenvalue weighted by Gasteiger charge is -2.14. The average Bonchev–Trinajstić information content (AvgIpc) is 2.80. The van der Waals surface area contributed by atoms with Gasteiger partial charge in [0.2, 0.25) is 0 Å². The lowest BCUT2D eigenvalue weighted by atomic mass is 10.1. The Morgan fingerprint density at radius 2 is 1.79 bits per heavy atom. The van der Waals surface area contributed by atoms with Gasteiger partial charge in [0.15, 0.2) is 11.5 Å². The van der Waals surface area contributed by atoms with E-state index in [-0.39, 0.29) is 17.2 Å². The summed E-state index contributed by atoms with van der Waals surface area (Å²) in [4.78, 5) is 12.7. The number of methoxy groups -OCH3 is 1. The number of ether oxygens (including phenoxy) is 2. The summed E-state index contributed by atoms with van der Waals surface area (Å²) in [5, 5.41) is 13.8. The van der Waals surface area contributed by atoms with E-state index in [1.165, 1.54) is 13.2 Å². The number of benzene rings is 3. The maximum atomic E-state index is 12.7. The zero-order valence-corrected chi connectivity index (χ0v) is 21.1. The molecule has 34 heavy (non-hydrogen) atoms. The van der Waals surface area contributed by atoms with E-state index < -0.39 is 5.91 Å². The van der Waals surface area contributed by atoms with Crippen molar-refractivity contribution in [3.63, 3.8) is 0 Å². The number of nitrogens with zero attached hydrogens (tertiary/aromatic N) is 1. The number of halogens is 4. The summed E-state index contributed by atoms with van der Waals surface area (Å²) in [6.07, 6.45) is 1.41. The molecular weight excluding hydrogens is 518 g/mol. The Bertz CT molecular complexity index is 1320. The first-order chi connectivity index (χ1) is 16.2. The van der Waals surface area contributed by atoms with Crippen molar-refractivity contribution < 1.29 is 14.3 Å². The van der Waals surface area contributed by atoms with Crippen LogP contribution in [0.5, 0.6) is 11.5 Å². The van der Waals surface area contributed by atoms with E-state index in [0.29, 0.717) is 37.8 Å². The van der Waals surface area contributed by atoms with Gasteiger partial charge in [0, 0.05) is 10.7 Å². The van der Waals surface area contributed by atoms with Gasteiger partial charge < -0.3 is 14.8 Å². The van der Waals surface area contributed by atoms with Crippen LogP contribution in [0.4, 0.5) is 5.69 Å². The van der Waals surface area contributed by atoms with Gasteiger partial charge in [0.05, 0.1) is 22.2 Å². The summed E-state index contributed by atoms with van der Waals surface area (Å²) in [7, 11) is 1.46. The highest BCUT2D eigenvalue weighted by Crippen LogP contribution is 2.38. The summed E-state index contributed by atoms with van der Waals surface area (Å²) in [6.45, 7) is 2.00. The topological polar surface area (TPSA) is 71.3 Å². The van der Waals surface area contributed by atoms with Gasteiger partial charge in [0.25, 0.3) is 5.91 Å². The molecule has 0 aliphatic rings. The van der Waals surface area contributed by atoms with Crippen LogP contribution in [0.3, 0.4) is 0 Å². The van der Waals surface area contributed by atoms with Crippen LogP contribution >= 0.6 is 46.4 Å². The molecular formula is C25H18Cl4N2O3. The first-order valence-electron chi connectivity index (χ1n) is 9.85. The fraction of sp³-hybridized carbons (Fsp3) is 0.120. The van der Waals surface area contributed by atoms with E-state index in [2.05, 4.69) is 5.32 Å². The molecule has 5 nitrogen and oxygen atoms in total. The predicted octanol–water partition coefficient (Wildman–Crippen LogP) is 7.74. The second-order valence-corrected chi connectivity index (χ2v) is 8.81. The zero-order valence-electron chi connectivity index (χ0n) is 18.1. The third-order valence-electron chi connectivity index (χ3n) is 4.74. The van der Waals surface area contributed by atoms with Crippen LogP contribution in [0.25, 0.3) is 6.08 Å². The minimum atomic E-state index is -0.581. The van der Waals surface area contributed by atoms with Gasteiger partial charge in [-0.05, 0) is 66.1 Å². The third-order valence-corrected chi connectivity index (χ3v) is 6.00. The second-order valence-electron chi connectivity index (χ2n) is 7.15. The highest BCUT2D eigenvalue weighted by Gasteiger charge is 2.15. The molecule has 9 heteroatoms. The Labute approximate surface area is 217 Å². The largest absolute Gasteiger partial charge is 0.493 e. The van der Waals surface area contributed by atoms with Gasteiger partial charge in [-0.15, -0.1) is 0 Å². The molecule has 0 saturated carbocycles. The summed E-state index contributed by atoms with van der Waals surface area (Å²) < 4.78 is 11.3. The molecule has 0 fully saturated rings. The number of amides is 1. The third kappa shape index (κ3) is 6.37. The fourth-order valence-corrected chi connectivity index (χ4v) is 3.75. The van der Waals surface area contributed by atoms with Crippen molar-refractivity contribution in [3.05, 3.63) is 90.9 Å². The Balaban J connectivity index is 1.83. The van der Waals surface area contributed by atoms with Gasteiger partial charge in [-0.1, -0.05) is 58.5 Å². The van der Waals surface area contributed by atoms with Crippen LogP contribution in [0, 0.1) is 18.3 Å². The average molecular weight is 536 g/mol. The lowest BCUT2D eigenvalue weighted by Crippen LogP contribution is -2.14. The standard InChI is InChI=1S/C25H18Cl4N2O3/c1-14-3-5-18(26)11-22(14)31-25(32)17(12-30)7-16-9-21(29)24(23(10-16)33-2)34-13-15-4-6-19(27)20(28)8-15/h3-11H,13H2,1-2H3,(H,31,32)/b17-7+. The van der Waals surface area contributed by atoms with Crippen LogP contribution in [-0.4, -0.2) is 13.0 Å². The smallest absolute Gasteiger partial charge is 0.266 e. The molecule has 0 radical (unpaired) electrons. The molecule has 0 aliphatic carbocycles. The number of carbonyl (C=O) groups excluding carboxylic acids is 1. The van der Waals surface area contributed by atoms with Crippen molar-refractivity contribution >= 4 is 64.1 Å². The van der Waals surface area contributed by atoms with Crippen molar-refractivity contribution in [1.82, 2.24) is 0 Å². The van der Waals surface area contributed by atoms with Crippen LogP contribution in [-0.2, 0) is 11.4 Å². The minimum absolute atomic E-state index is 0.123. The molecule has 0 saturated heterocycles. The molecule has 0 unspecified atom stereocenters. The number of aryl methyl sites for hydroxylation is 1. The van der Waals surface area contributed by atoms with E-state index in [1.54, 1.807) is 48.5 Å². The number of carbonyl (C=O) groups is 1. The normalized spacial score (nSPS) is 11.0. The number of hydrogen-bond acceptors (Lipinski definition) is 4. The van der Waals surface area contributed by atoms with E-state index in [1.807, 2.05) is 13.0 Å². The molecule has 0 atom stereocenters. The van der Waals surface area contributed by atoms with Crippen molar-refractivity contribution in [3.8, 4) is 17.6 Å². The van der Waals surface area contributed by atoms with Gasteiger partial charge in [-0.2, -0.15) is 5.26 Å². The number of rotatable bonds is 7. The lowest BCUT2D eigenvalue weighted by molar-refractivity contribution is -0.112. The quantitative estimate of drug-likeness (QED) is 0.248. The van der Waals surface area contributed by atoms with Crippen LogP contribution in [0.1, 0.15) is 16.7 Å². The van der Waals surface area contributed by atoms with Crippen molar-refractivity contribution in [1.29, 1.82) is 5.26 Å². The summed E-state index contributed by atoms with van der Waals surface area (Å²) >= 11 is 24.4. The Morgan fingerprint density at radius 3 is 2.47 bits per heavy atom. The van der Waals surface area contributed by atoms with Gasteiger partial charge in [0.1, 0.15) is 18.2 Å². The summed E-state index contributed by atoms with van der Waals surface area (Å²) in [5.41, 5.74) is 2.47. The Hall–Kier alpha value is -2.88. The molecule has 1 amide bonds. The molecule has 3 aromatic carbocycles. The van der Waals surface area contributed by atoms with E-state index >= 15 is 0 Å². The molecule has 3 aromatic rings. The molecule has 0 heterocycles. The van der Waals surface area contributed by atoms with Crippen molar-refractivity contribution in [2.24, 2.45) is 0 Å². The molecule has 3 rings (SSSR count). The maximum absolute atomic E-state index is 12.7. The van der Waals surface area contributed by atoms with E-state index in [4.69, 9.17) is 55.9 Å². The van der Waals surface area contributed by atoms with E-state index in [0.717, 1.165) is 11.1 Å². The Kier molecular flexibility index (Phi) is 8.71. The van der Waals surface area contributed by atoms with Gasteiger partial charge >= 0.3 is 0 Å². The Morgan fingerprint density at radius 1 is 1.03 bits per heavy atom. The van der Waals surface area contributed by atoms with Gasteiger partial charge in [-0.3, -0.25) is 4.79 Å². The number of nitriles is 1. The zero-order chi connectivity index (χ0) is 24.8. The monoisotopic (exact) mass is 534 g/mol. The molecule has 174 valence electrons. The van der Waals surface area contributed by atoms with Gasteiger partial charge in [-0.25, -0.2) is 0 Å². The number of hydrogen-bond donors (Lipinski definition) is 1. The molecule has 0 spiro atoms. The molecule has 0 bridgehead atoms. The second kappa shape index (κ2) is 11.5. The van der Waals surface area contributed by atoms with Crippen LogP contribution < -0.4 is 14.8 Å². The molecule has 0 aromatic heterocycles. The van der Waals surface area contributed by atoms with Crippen molar-refractivity contribution in [2.45, 2.75) is 13.5 Å². The first kappa shape index (κ1) is 25.7. The van der Waals surface area contributed by atoms with Crippen LogP contribution in [0.2, 0.25) is 20.1 Å². The minimum Gasteiger partial charge on any atom is -0.493 e. The number of nitrogens with one attached hydrogen (secondary N) is 1. The summed E-state index contributed by atoms with van der Waals surface area (Å²) in [5.74, 6) is 0.0648. The number of anilines is 1. The predicted molar refractivity (Wildman–Crippen MR) is 137 cm³/mol. The van der Waals surface area contributed by atoms with Crippen molar-refractivity contribution in [2.75, 3.05) is 12.4 Å².